The Morgan fingerprint density at radius 1 is 1.10 bits per heavy atom. The van der Waals surface area contributed by atoms with Gasteiger partial charge in [0.05, 0.1) is 24.4 Å². The molecule has 5 aromatic heterocycles. The van der Waals surface area contributed by atoms with Crippen molar-refractivity contribution in [3.05, 3.63) is 69.5 Å². The molecule has 0 aliphatic heterocycles. The van der Waals surface area contributed by atoms with Crippen molar-refractivity contribution >= 4 is 22.9 Å². The monoisotopic (exact) mass is 557 g/mol. The van der Waals surface area contributed by atoms with Gasteiger partial charge in [0.15, 0.2) is 22.8 Å². The molecular weight excluding hydrogens is 539 g/mol. The molecule has 0 aliphatic carbocycles. The summed E-state index contributed by atoms with van der Waals surface area (Å²) in [6.07, 6.45) is 0.928. The van der Waals surface area contributed by atoms with Gasteiger partial charge in [-0.05, 0) is 13.8 Å². The van der Waals surface area contributed by atoms with Gasteiger partial charge in [0, 0.05) is 25.0 Å². The largest absolute Gasteiger partial charge is 0.451 e. The Balaban J connectivity index is 1.43. The normalized spacial score (nSPS) is 12.6. The van der Waals surface area contributed by atoms with Gasteiger partial charge in [-0.2, -0.15) is 18.2 Å². The molecule has 0 spiro atoms. The smallest absolute Gasteiger partial charge is 0.337 e. The Hall–Kier alpha value is -5.29. The Morgan fingerprint density at radius 2 is 1.82 bits per heavy atom. The number of fused-ring (bicyclic) bond motifs is 1. The first-order valence-corrected chi connectivity index (χ1v) is 11.4. The Kier molecular flexibility index (Phi) is 6.44. The molecule has 206 valence electrons. The molecule has 1 amide bonds. The van der Waals surface area contributed by atoms with Gasteiger partial charge < -0.3 is 14.4 Å². The van der Waals surface area contributed by atoms with Gasteiger partial charge in [0.2, 0.25) is 17.6 Å². The lowest BCUT2D eigenvalue weighted by molar-refractivity contribution is -0.145. The molecule has 0 bridgehead atoms. The molecule has 1 N–H and O–H groups in total. The highest BCUT2D eigenvalue weighted by Crippen LogP contribution is 2.26. The number of carbonyl (C=O) groups excluding carboxylic acids is 1. The zero-order valence-corrected chi connectivity index (χ0v) is 20.9. The average molecular weight is 557 g/mol. The first-order chi connectivity index (χ1) is 18.9. The van der Waals surface area contributed by atoms with Crippen LogP contribution in [0, 0.1) is 6.92 Å². The maximum atomic E-state index is 13.3. The van der Waals surface area contributed by atoms with Crippen molar-refractivity contribution in [1.82, 2.24) is 48.8 Å². The van der Waals surface area contributed by atoms with Crippen LogP contribution in [0.3, 0.4) is 0 Å². The van der Waals surface area contributed by atoms with E-state index in [0.29, 0.717) is 5.82 Å². The van der Waals surface area contributed by atoms with E-state index >= 15 is 0 Å². The maximum Gasteiger partial charge on any atom is 0.451 e. The highest BCUT2D eigenvalue weighted by atomic mass is 19.4. The van der Waals surface area contributed by atoms with E-state index in [0.717, 1.165) is 21.5 Å². The number of hydrogen-bond acceptors (Lipinski definition) is 11. The summed E-state index contributed by atoms with van der Waals surface area (Å²) in [5, 5.41) is 6.20. The minimum Gasteiger partial charge on any atom is -0.337 e. The van der Waals surface area contributed by atoms with Gasteiger partial charge in [0.25, 0.3) is 5.56 Å². The second-order valence-corrected chi connectivity index (χ2v) is 8.54. The molecule has 18 heteroatoms. The number of rotatable bonds is 6. The molecule has 0 saturated heterocycles. The van der Waals surface area contributed by atoms with Crippen LogP contribution in [0.1, 0.15) is 30.5 Å². The van der Waals surface area contributed by atoms with Gasteiger partial charge in [-0.1, -0.05) is 5.16 Å². The van der Waals surface area contributed by atoms with Crippen molar-refractivity contribution in [2.75, 3.05) is 5.32 Å². The number of nitrogens with one attached hydrogen (secondary N) is 1. The first-order valence-electron chi connectivity index (χ1n) is 11.4. The number of aromatic nitrogens is 10. The molecule has 5 heterocycles. The minimum absolute atomic E-state index is 0.0183. The summed E-state index contributed by atoms with van der Waals surface area (Å²) in [5.74, 6) is -1.57. The number of anilines is 1. The number of hydrogen-bond donors (Lipinski definition) is 1. The molecule has 0 radical (unpaired) electrons. The number of nitrogens with zero attached hydrogens (tertiary/aromatic N) is 10. The number of carbonyl (C=O) groups is 1. The van der Waals surface area contributed by atoms with Gasteiger partial charge in [-0.25, -0.2) is 29.3 Å². The fourth-order valence-corrected chi connectivity index (χ4v) is 3.79. The summed E-state index contributed by atoms with van der Waals surface area (Å²) in [5.41, 5.74) is -1.12. The van der Waals surface area contributed by atoms with Crippen molar-refractivity contribution in [2.24, 2.45) is 7.05 Å². The second-order valence-electron chi connectivity index (χ2n) is 8.54. The minimum atomic E-state index is -4.70. The average Bonchev–Trinajstić information content (AvgIpc) is 3.55. The summed E-state index contributed by atoms with van der Waals surface area (Å²) < 4.78 is 46.6. The van der Waals surface area contributed by atoms with Gasteiger partial charge >= 0.3 is 11.9 Å². The van der Waals surface area contributed by atoms with Crippen LogP contribution in [-0.4, -0.2) is 54.7 Å². The zero-order valence-electron chi connectivity index (χ0n) is 20.9. The molecule has 0 aliphatic rings. The molecule has 5 rings (SSSR count). The zero-order chi connectivity index (χ0) is 28.8. The van der Waals surface area contributed by atoms with Crippen molar-refractivity contribution in [3.8, 4) is 11.3 Å². The van der Waals surface area contributed by atoms with Crippen LogP contribution in [0.15, 0.2) is 45.2 Å². The van der Waals surface area contributed by atoms with Crippen molar-refractivity contribution < 1.29 is 22.5 Å². The summed E-state index contributed by atoms with van der Waals surface area (Å²) in [4.78, 5) is 62.2. The van der Waals surface area contributed by atoms with Gasteiger partial charge in [-0.15, -0.1) is 0 Å². The lowest BCUT2D eigenvalue weighted by Gasteiger charge is -2.15. The number of alkyl halides is 3. The van der Waals surface area contributed by atoms with Crippen LogP contribution in [0.2, 0.25) is 0 Å². The van der Waals surface area contributed by atoms with E-state index in [9.17, 15) is 27.6 Å². The fraction of sp³-hybridized carbons (Fsp3) is 0.273. The third-order valence-corrected chi connectivity index (χ3v) is 5.80. The fourth-order valence-electron chi connectivity index (χ4n) is 3.79. The standard InChI is InChI=1S/C22H18F3N11O4/c1-10(18(37)32-14-7-26-6-13(31-14)12-4-27-20(28-5-12)22(23,24)25)36-9-29-17-16(36)19(38)35(21(39)34(17)3)8-15-30-11(2)33-40-15/h4-7,9-10H,8H2,1-3H3,(H,31,32,37). The van der Waals surface area contributed by atoms with Gasteiger partial charge in [-0.3, -0.25) is 19.1 Å². The highest BCUT2D eigenvalue weighted by Gasteiger charge is 2.34. The summed E-state index contributed by atoms with van der Waals surface area (Å²) in [6, 6.07) is -1.02. The summed E-state index contributed by atoms with van der Waals surface area (Å²) >= 11 is 0. The number of amides is 1. The second kappa shape index (κ2) is 9.79. The van der Waals surface area contributed by atoms with E-state index in [2.05, 4.69) is 40.4 Å². The molecule has 40 heavy (non-hydrogen) atoms. The van der Waals surface area contributed by atoms with Crippen LogP contribution in [-0.2, 0) is 24.6 Å². The van der Waals surface area contributed by atoms with Crippen LogP contribution < -0.4 is 16.6 Å². The van der Waals surface area contributed by atoms with E-state index in [1.807, 2.05) is 0 Å². The summed E-state index contributed by atoms with van der Waals surface area (Å²) in [7, 11) is 1.42. The molecule has 15 nitrogen and oxygen atoms in total. The first kappa shape index (κ1) is 26.3. The molecule has 0 aromatic carbocycles. The van der Waals surface area contributed by atoms with E-state index in [1.165, 1.54) is 37.3 Å². The molecule has 5 aromatic rings. The van der Waals surface area contributed by atoms with Crippen molar-refractivity contribution in [3.63, 3.8) is 0 Å². The Bertz CT molecular complexity index is 1860. The summed E-state index contributed by atoms with van der Waals surface area (Å²) in [6.45, 7) is 2.79. The molecular formula is C22H18F3N11O4. The van der Waals surface area contributed by atoms with Crippen LogP contribution in [0.4, 0.5) is 19.0 Å². The van der Waals surface area contributed by atoms with E-state index in [-0.39, 0.29) is 40.7 Å². The van der Waals surface area contributed by atoms with Crippen molar-refractivity contribution in [2.45, 2.75) is 32.6 Å². The molecule has 1 unspecified atom stereocenters. The van der Waals surface area contributed by atoms with E-state index in [1.54, 1.807) is 6.92 Å². The maximum absolute atomic E-state index is 13.3. The van der Waals surface area contributed by atoms with Crippen LogP contribution in [0.5, 0.6) is 0 Å². The Labute approximate surface area is 220 Å². The third kappa shape index (κ3) is 4.81. The van der Waals surface area contributed by atoms with E-state index in [4.69, 9.17) is 4.52 Å². The number of halogens is 3. The SMILES string of the molecule is Cc1noc(Cn2c(=O)c3c(ncn3C(C)C(=O)Nc3cncc(-c4cnc(C(F)(F)F)nc4)n3)n(C)c2=O)n1. The highest BCUT2D eigenvalue weighted by molar-refractivity contribution is 5.93. The number of aryl methyl sites for hydroxylation is 2. The quantitative estimate of drug-likeness (QED) is 0.316. The van der Waals surface area contributed by atoms with Crippen LogP contribution in [0.25, 0.3) is 22.4 Å². The van der Waals surface area contributed by atoms with E-state index < -0.39 is 35.2 Å². The van der Waals surface area contributed by atoms with Crippen molar-refractivity contribution in [1.29, 1.82) is 0 Å². The Morgan fingerprint density at radius 3 is 2.48 bits per heavy atom. The third-order valence-electron chi connectivity index (χ3n) is 5.80. The lowest BCUT2D eigenvalue weighted by Crippen LogP contribution is -2.40. The topological polar surface area (TPSA) is 181 Å². The lowest BCUT2D eigenvalue weighted by atomic mass is 10.2. The molecule has 1 atom stereocenters. The van der Waals surface area contributed by atoms with Gasteiger partial charge in [0.1, 0.15) is 12.6 Å². The number of imidazole rings is 1. The molecule has 0 saturated carbocycles. The molecule has 0 fully saturated rings. The predicted octanol–water partition coefficient (Wildman–Crippen LogP) is 1.10. The predicted molar refractivity (Wildman–Crippen MR) is 129 cm³/mol. The van der Waals surface area contributed by atoms with Crippen LogP contribution >= 0.6 is 0 Å².